The van der Waals surface area contributed by atoms with Crippen molar-refractivity contribution >= 4 is 32.9 Å². The molecule has 0 unspecified atom stereocenters. The van der Waals surface area contributed by atoms with Crippen LogP contribution in [0.2, 0.25) is 0 Å². The van der Waals surface area contributed by atoms with Crippen LogP contribution in [0.15, 0.2) is 35.5 Å². The molecule has 0 aliphatic heterocycles. The smallest absolute Gasteiger partial charge is 0.278 e. The molecule has 106 valence electrons. The first-order valence-corrected chi connectivity index (χ1v) is 7.78. The van der Waals surface area contributed by atoms with Crippen LogP contribution in [0.3, 0.4) is 0 Å². The van der Waals surface area contributed by atoms with Crippen molar-refractivity contribution in [3.63, 3.8) is 0 Å². The highest BCUT2D eigenvalue weighted by Crippen LogP contribution is 2.15. The first-order chi connectivity index (χ1) is 9.42. The number of H-pyrrole nitrogens is 1. The number of aromatic nitrogens is 2. The lowest BCUT2D eigenvalue weighted by molar-refractivity contribution is 0.598. The molecule has 20 heavy (non-hydrogen) atoms. The third-order valence-electron chi connectivity index (χ3n) is 2.65. The molecule has 0 atom stereocenters. The van der Waals surface area contributed by atoms with Gasteiger partial charge >= 0.3 is 0 Å². The van der Waals surface area contributed by atoms with E-state index in [1.807, 2.05) is 6.92 Å². The van der Waals surface area contributed by atoms with Crippen LogP contribution < -0.4 is 10.5 Å². The number of aryl methyl sites for hydroxylation is 1. The Bertz CT molecular complexity index is 720. The summed E-state index contributed by atoms with van der Waals surface area (Å²) in [4.78, 5) is 6.99. The zero-order chi connectivity index (χ0) is 14.8. The SMILES string of the molecule is CCc1ncc(S(=O)(=O)Nc2ccc(C(N)=S)cc2)[nH]1. The summed E-state index contributed by atoms with van der Waals surface area (Å²) in [5.74, 6) is 0.620. The topological polar surface area (TPSA) is 101 Å². The number of thiocarbonyl (C=S) groups is 1. The first kappa shape index (κ1) is 14.5. The molecule has 8 heteroatoms. The van der Waals surface area contributed by atoms with E-state index in [1.165, 1.54) is 6.20 Å². The molecule has 0 radical (unpaired) electrons. The van der Waals surface area contributed by atoms with Gasteiger partial charge in [-0.05, 0) is 24.3 Å². The molecule has 4 N–H and O–H groups in total. The normalized spacial score (nSPS) is 11.2. The number of sulfonamides is 1. The number of rotatable bonds is 5. The van der Waals surface area contributed by atoms with Crippen LogP contribution in [0.5, 0.6) is 0 Å². The molecular formula is C12H14N4O2S2. The van der Waals surface area contributed by atoms with Crippen LogP contribution in [0.1, 0.15) is 18.3 Å². The van der Waals surface area contributed by atoms with Gasteiger partial charge in [-0.2, -0.15) is 8.42 Å². The van der Waals surface area contributed by atoms with E-state index in [1.54, 1.807) is 24.3 Å². The Morgan fingerprint density at radius 1 is 1.40 bits per heavy atom. The van der Waals surface area contributed by atoms with Gasteiger partial charge in [-0.3, -0.25) is 4.72 Å². The molecule has 0 saturated carbocycles. The van der Waals surface area contributed by atoms with Crippen LogP contribution in [0.4, 0.5) is 5.69 Å². The number of imidazole rings is 1. The van der Waals surface area contributed by atoms with E-state index in [9.17, 15) is 8.42 Å². The zero-order valence-electron chi connectivity index (χ0n) is 10.8. The van der Waals surface area contributed by atoms with Crippen LogP contribution >= 0.6 is 12.2 Å². The van der Waals surface area contributed by atoms with E-state index in [0.717, 1.165) is 0 Å². The molecule has 2 aromatic rings. The number of nitrogens with zero attached hydrogens (tertiary/aromatic N) is 1. The van der Waals surface area contributed by atoms with Gasteiger partial charge in [0.05, 0.1) is 6.20 Å². The summed E-state index contributed by atoms with van der Waals surface area (Å²) < 4.78 is 26.7. The van der Waals surface area contributed by atoms with Gasteiger partial charge in [-0.15, -0.1) is 0 Å². The van der Waals surface area contributed by atoms with Crippen LogP contribution in [-0.4, -0.2) is 23.4 Å². The highest BCUT2D eigenvalue weighted by molar-refractivity contribution is 7.92. The largest absolute Gasteiger partial charge is 0.389 e. The Morgan fingerprint density at radius 2 is 2.05 bits per heavy atom. The van der Waals surface area contributed by atoms with E-state index < -0.39 is 10.0 Å². The van der Waals surface area contributed by atoms with Crippen molar-refractivity contribution in [2.45, 2.75) is 18.4 Å². The van der Waals surface area contributed by atoms with Gasteiger partial charge in [0, 0.05) is 17.7 Å². The van der Waals surface area contributed by atoms with Gasteiger partial charge in [0.25, 0.3) is 10.0 Å². The summed E-state index contributed by atoms with van der Waals surface area (Å²) in [5.41, 5.74) is 6.59. The zero-order valence-corrected chi connectivity index (χ0v) is 12.4. The van der Waals surface area contributed by atoms with Gasteiger partial charge in [0.2, 0.25) is 0 Å². The minimum atomic E-state index is -3.67. The quantitative estimate of drug-likeness (QED) is 0.725. The summed E-state index contributed by atoms with van der Waals surface area (Å²) in [6.07, 6.45) is 1.93. The second-order valence-electron chi connectivity index (χ2n) is 4.09. The predicted molar refractivity (Wildman–Crippen MR) is 81.1 cm³/mol. The van der Waals surface area contributed by atoms with E-state index in [4.69, 9.17) is 18.0 Å². The highest BCUT2D eigenvalue weighted by atomic mass is 32.2. The molecule has 0 saturated heterocycles. The van der Waals surface area contributed by atoms with E-state index >= 15 is 0 Å². The number of benzene rings is 1. The fraction of sp³-hybridized carbons (Fsp3) is 0.167. The van der Waals surface area contributed by atoms with Crippen molar-refractivity contribution in [3.8, 4) is 0 Å². The minimum Gasteiger partial charge on any atom is -0.389 e. The van der Waals surface area contributed by atoms with Crippen molar-refractivity contribution < 1.29 is 8.42 Å². The number of aromatic amines is 1. The Morgan fingerprint density at radius 3 is 2.55 bits per heavy atom. The summed E-state index contributed by atoms with van der Waals surface area (Å²) in [7, 11) is -3.67. The molecule has 6 nitrogen and oxygen atoms in total. The molecule has 1 heterocycles. The number of nitrogens with one attached hydrogen (secondary N) is 2. The molecule has 0 bridgehead atoms. The van der Waals surface area contributed by atoms with Crippen LogP contribution in [0, 0.1) is 0 Å². The molecule has 0 aliphatic rings. The molecule has 0 amide bonds. The van der Waals surface area contributed by atoms with Crippen molar-refractivity contribution in [2.75, 3.05) is 4.72 Å². The summed E-state index contributed by atoms with van der Waals surface area (Å²) in [5, 5.41) is 0.0350. The highest BCUT2D eigenvalue weighted by Gasteiger charge is 2.17. The average Bonchev–Trinajstić information content (AvgIpc) is 2.88. The molecule has 0 aliphatic carbocycles. The third-order valence-corrected chi connectivity index (χ3v) is 4.18. The maximum atomic E-state index is 12.1. The monoisotopic (exact) mass is 310 g/mol. The minimum absolute atomic E-state index is 0.0350. The standard InChI is InChI=1S/C12H14N4O2S2/c1-2-10-14-7-11(15-10)20(17,18)16-9-5-3-8(4-6-9)12(13)19/h3-7,16H,2H2,1H3,(H2,13,19)(H,14,15). The molecule has 0 fully saturated rings. The average molecular weight is 310 g/mol. The van der Waals surface area contributed by atoms with Gasteiger partial charge in [0.15, 0.2) is 5.03 Å². The molecule has 2 rings (SSSR count). The summed E-state index contributed by atoms with van der Waals surface area (Å²) in [6, 6.07) is 6.52. The Hall–Kier alpha value is -1.93. The van der Waals surface area contributed by atoms with Crippen molar-refractivity contribution in [2.24, 2.45) is 5.73 Å². The lowest BCUT2D eigenvalue weighted by Crippen LogP contribution is -2.14. The number of nitrogens with two attached hydrogens (primary N) is 1. The Balaban J connectivity index is 2.21. The molecule has 1 aromatic carbocycles. The lowest BCUT2D eigenvalue weighted by Gasteiger charge is -2.06. The molecule has 0 spiro atoms. The Labute approximate surface area is 122 Å². The van der Waals surface area contributed by atoms with Crippen LogP contribution in [-0.2, 0) is 16.4 Å². The van der Waals surface area contributed by atoms with Crippen molar-refractivity contribution in [1.82, 2.24) is 9.97 Å². The predicted octanol–water partition coefficient (Wildman–Crippen LogP) is 1.41. The van der Waals surface area contributed by atoms with Gasteiger partial charge < -0.3 is 10.7 Å². The fourth-order valence-electron chi connectivity index (χ4n) is 1.57. The number of hydrogen-bond acceptors (Lipinski definition) is 4. The lowest BCUT2D eigenvalue weighted by atomic mass is 10.2. The molecule has 1 aromatic heterocycles. The second kappa shape index (κ2) is 5.59. The number of anilines is 1. The summed E-state index contributed by atoms with van der Waals surface area (Å²) >= 11 is 4.83. The van der Waals surface area contributed by atoms with Crippen molar-refractivity contribution in [3.05, 3.63) is 41.9 Å². The van der Waals surface area contributed by atoms with Gasteiger partial charge in [-0.25, -0.2) is 4.98 Å². The maximum absolute atomic E-state index is 12.1. The number of hydrogen-bond donors (Lipinski definition) is 3. The molecular weight excluding hydrogens is 296 g/mol. The first-order valence-electron chi connectivity index (χ1n) is 5.89. The second-order valence-corrected chi connectivity index (χ2v) is 6.19. The van der Waals surface area contributed by atoms with Crippen molar-refractivity contribution in [1.29, 1.82) is 0 Å². The maximum Gasteiger partial charge on any atom is 0.278 e. The van der Waals surface area contributed by atoms with E-state index in [-0.39, 0.29) is 10.0 Å². The van der Waals surface area contributed by atoms with Crippen LogP contribution in [0.25, 0.3) is 0 Å². The van der Waals surface area contributed by atoms with Gasteiger partial charge in [-0.1, -0.05) is 19.1 Å². The Kier molecular flexibility index (Phi) is 4.05. The van der Waals surface area contributed by atoms with E-state index in [0.29, 0.717) is 23.5 Å². The summed E-state index contributed by atoms with van der Waals surface area (Å²) in [6.45, 7) is 1.89. The van der Waals surface area contributed by atoms with Gasteiger partial charge in [0.1, 0.15) is 10.8 Å². The van der Waals surface area contributed by atoms with E-state index in [2.05, 4.69) is 14.7 Å². The third kappa shape index (κ3) is 3.14. The fourth-order valence-corrected chi connectivity index (χ4v) is 2.71.